The number of nitrogens with one attached hydrogen (secondary N) is 1. The molecule has 1 aromatic rings. The van der Waals surface area contributed by atoms with E-state index in [0.717, 1.165) is 31.7 Å². The molecule has 1 N–H and O–H groups in total. The lowest BCUT2D eigenvalue weighted by Gasteiger charge is -2.23. The van der Waals surface area contributed by atoms with Crippen LogP contribution < -0.4 is 10.1 Å². The van der Waals surface area contributed by atoms with E-state index in [1.807, 2.05) is 42.3 Å². The Labute approximate surface area is 121 Å². The second kappa shape index (κ2) is 7.29. The summed E-state index contributed by atoms with van der Waals surface area (Å²) in [5.41, 5.74) is 0. The standard InChI is InChI=1S/C16H24N2O2/c1-13-15(9-10-17-13)16(19)18(2)11-6-12-20-14-7-4-3-5-8-14/h3-5,7-8,13,15,17H,6,9-12H2,1-2H3. The normalized spacial score (nSPS) is 21.7. The first-order valence-corrected chi connectivity index (χ1v) is 7.34. The van der Waals surface area contributed by atoms with E-state index in [-0.39, 0.29) is 11.8 Å². The minimum atomic E-state index is 0.134. The molecule has 1 aromatic carbocycles. The van der Waals surface area contributed by atoms with Crippen molar-refractivity contribution in [3.05, 3.63) is 30.3 Å². The molecule has 0 aliphatic carbocycles. The van der Waals surface area contributed by atoms with Crippen molar-refractivity contribution < 1.29 is 9.53 Å². The van der Waals surface area contributed by atoms with Crippen molar-refractivity contribution in [2.45, 2.75) is 25.8 Å². The monoisotopic (exact) mass is 276 g/mol. The molecule has 2 atom stereocenters. The van der Waals surface area contributed by atoms with Gasteiger partial charge in [-0.15, -0.1) is 0 Å². The molecule has 0 spiro atoms. The lowest BCUT2D eigenvalue weighted by Crippen LogP contribution is -2.38. The Morgan fingerprint density at radius 3 is 2.80 bits per heavy atom. The third kappa shape index (κ3) is 3.97. The topological polar surface area (TPSA) is 41.6 Å². The number of benzene rings is 1. The summed E-state index contributed by atoms with van der Waals surface area (Å²) in [7, 11) is 1.88. The Morgan fingerprint density at radius 1 is 1.40 bits per heavy atom. The quantitative estimate of drug-likeness (QED) is 0.807. The first-order valence-electron chi connectivity index (χ1n) is 7.34. The number of carbonyl (C=O) groups is 1. The molecule has 110 valence electrons. The fourth-order valence-corrected chi connectivity index (χ4v) is 2.60. The van der Waals surface area contributed by atoms with Crippen LogP contribution >= 0.6 is 0 Å². The van der Waals surface area contributed by atoms with Crippen LogP contribution in [0.3, 0.4) is 0 Å². The van der Waals surface area contributed by atoms with Crippen molar-refractivity contribution in [3.63, 3.8) is 0 Å². The number of amides is 1. The number of hydrogen-bond acceptors (Lipinski definition) is 3. The van der Waals surface area contributed by atoms with Crippen LogP contribution in [-0.2, 0) is 4.79 Å². The van der Waals surface area contributed by atoms with Crippen LogP contribution in [-0.4, -0.2) is 43.6 Å². The van der Waals surface area contributed by atoms with E-state index in [1.54, 1.807) is 0 Å². The molecule has 4 heteroatoms. The maximum atomic E-state index is 12.3. The van der Waals surface area contributed by atoms with Crippen LogP contribution in [0.15, 0.2) is 30.3 Å². The molecule has 0 bridgehead atoms. The minimum absolute atomic E-state index is 0.134. The van der Waals surface area contributed by atoms with E-state index in [2.05, 4.69) is 12.2 Å². The van der Waals surface area contributed by atoms with E-state index in [0.29, 0.717) is 12.6 Å². The van der Waals surface area contributed by atoms with Crippen LogP contribution in [0.25, 0.3) is 0 Å². The minimum Gasteiger partial charge on any atom is -0.494 e. The molecule has 2 rings (SSSR count). The maximum absolute atomic E-state index is 12.3. The van der Waals surface area contributed by atoms with E-state index in [4.69, 9.17) is 4.74 Å². The van der Waals surface area contributed by atoms with Crippen molar-refractivity contribution in [2.24, 2.45) is 5.92 Å². The highest BCUT2D eigenvalue weighted by Gasteiger charge is 2.31. The van der Waals surface area contributed by atoms with Crippen molar-refractivity contribution >= 4 is 5.91 Å². The molecule has 2 unspecified atom stereocenters. The summed E-state index contributed by atoms with van der Waals surface area (Å²) in [6, 6.07) is 10.1. The molecule has 1 amide bonds. The molecule has 1 aliphatic heterocycles. The third-order valence-electron chi connectivity index (χ3n) is 3.87. The van der Waals surface area contributed by atoms with Crippen molar-refractivity contribution in [1.82, 2.24) is 10.2 Å². The number of carbonyl (C=O) groups excluding carboxylic acids is 1. The summed E-state index contributed by atoms with van der Waals surface area (Å²) in [4.78, 5) is 14.1. The third-order valence-corrected chi connectivity index (χ3v) is 3.87. The van der Waals surface area contributed by atoms with Gasteiger partial charge in [0.05, 0.1) is 12.5 Å². The molecular formula is C16H24N2O2. The number of hydrogen-bond donors (Lipinski definition) is 1. The smallest absolute Gasteiger partial charge is 0.227 e. The van der Waals surface area contributed by atoms with Gasteiger partial charge in [-0.1, -0.05) is 18.2 Å². The number of rotatable bonds is 6. The summed E-state index contributed by atoms with van der Waals surface area (Å²) in [5.74, 6) is 1.27. The van der Waals surface area contributed by atoms with Crippen molar-refractivity contribution in [1.29, 1.82) is 0 Å². The summed E-state index contributed by atoms with van der Waals surface area (Å²) in [5, 5.41) is 3.32. The van der Waals surface area contributed by atoms with E-state index in [1.165, 1.54) is 0 Å². The largest absolute Gasteiger partial charge is 0.494 e. The molecule has 1 fully saturated rings. The summed E-state index contributed by atoms with van der Waals surface area (Å²) in [6.07, 6.45) is 1.80. The van der Waals surface area contributed by atoms with Gasteiger partial charge in [0.2, 0.25) is 5.91 Å². The van der Waals surface area contributed by atoms with E-state index >= 15 is 0 Å². The Kier molecular flexibility index (Phi) is 5.41. The highest BCUT2D eigenvalue weighted by atomic mass is 16.5. The average Bonchev–Trinajstić information content (AvgIpc) is 2.90. The van der Waals surface area contributed by atoms with Gasteiger partial charge in [-0.2, -0.15) is 0 Å². The van der Waals surface area contributed by atoms with Crippen molar-refractivity contribution in [3.8, 4) is 5.75 Å². The molecule has 0 saturated carbocycles. The molecule has 4 nitrogen and oxygen atoms in total. The second-order valence-electron chi connectivity index (χ2n) is 5.41. The van der Waals surface area contributed by atoms with Gasteiger partial charge in [0.1, 0.15) is 5.75 Å². The number of para-hydroxylation sites is 1. The van der Waals surface area contributed by atoms with Gasteiger partial charge in [-0.25, -0.2) is 0 Å². The molecular weight excluding hydrogens is 252 g/mol. The fraction of sp³-hybridized carbons (Fsp3) is 0.562. The van der Waals surface area contributed by atoms with Crippen LogP contribution in [0.2, 0.25) is 0 Å². The summed E-state index contributed by atoms with van der Waals surface area (Å²) < 4.78 is 5.63. The van der Waals surface area contributed by atoms with Gasteiger partial charge in [0, 0.05) is 19.6 Å². The lowest BCUT2D eigenvalue weighted by atomic mass is 10.0. The zero-order valence-corrected chi connectivity index (χ0v) is 12.3. The molecule has 0 aromatic heterocycles. The number of nitrogens with zero attached hydrogens (tertiary/aromatic N) is 1. The first kappa shape index (κ1) is 14.9. The van der Waals surface area contributed by atoms with Gasteiger partial charge >= 0.3 is 0 Å². The fourth-order valence-electron chi connectivity index (χ4n) is 2.60. The predicted molar refractivity (Wildman–Crippen MR) is 79.8 cm³/mol. The van der Waals surface area contributed by atoms with Crippen LogP contribution in [0, 0.1) is 5.92 Å². The zero-order chi connectivity index (χ0) is 14.4. The van der Waals surface area contributed by atoms with Gasteiger partial charge in [-0.3, -0.25) is 4.79 Å². The molecule has 1 saturated heterocycles. The van der Waals surface area contributed by atoms with Crippen LogP contribution in [0.4, 0.5) is 0 Å². The van der Waals surface area contributed by atoms with E-state index < -0.39 is 0 Å². The van der Waals surface area contributed by atoms with E-state index in [9.17, 15) is 4.79 Å². The Morgan fingerprint density at radius 2 is 2.15 bits per heavy atom. The Hall–Kier alpha value is -1.55. The van der Waals surface area contributed by atoms with Gasteiger partial charge in [-0.05, 0) is 38.4 Å². The predicted octanol–water partition coefficient (Wildman–Crippen LogP) is 1.91. The Bertz CT molecular complexity index is 422. The second-order valence-corrected chi connectivity index (χ2v) is 5.41. The Balaban J connectivity index is 1.67. The van der Waals surface area contributed by atoms with Gasteiger partial charge in [0.25, 0.3) is 0 Å². The van der Waals surface area contributed by atoms with Crippen molar-refractivity contribution in [2.75, 3.05) is 26.7 Å². The molecule has 1 aliphatic rings. The molecule has 1 heterocycles. The molecule has 0 radical (unpaired) electrons. The zero-order valence-electron chi connectivity index (χ0n) is 12.3. The number of ether oxygens (including phenoxy) is 1. The highest BCUT2D eigenvalue weighted by molar-refractivity contribution is 5.79. The summed E-state index contributed by atoms with van der Waals surface area (Å²) in [6.45, 7) is 4.42. The first-order chi connectivity index (χ1) is 9.68. The SMILES string of the molecule is CC1NCCC1C(=O)N(C)CCCOc1ccccc1. The van der Waals surface area contributed by atoms with Crippen LogP contribution in [0.1, 0.15) is 19.8 Å². The van der Waals surface area contributed by atoms with Gasteiger partial charge < -0.3 is 15.0 Å². The summed E-state index contributed by atoms with van der Waals surface area (Å²) >= 11 is 0. The average molecular weight is 276 g/mol. The van der Waals surface area contributed by atoms with Gasteiger partial charge in [0.15, 0.2) is 0 Å². The van der Waals surface area contributed by atoms with Crippen LogP contribution in [0.5, 0.6) is 5.75 Å². The lowest BCUT2D eigenvalue weighted by molar-refractivity contribution is -0.134. The maximum Gasteiger partial charge on any atom is 0.227 e. The highest BCUT2D eigenvalue weighted by Crippen LogP contribution is 2.17. The molecule has 20 heavy (non-hydrogen) atoms.